The summed E-state index contributed by atoms with van der Waals surface area (Å²) in [5.74, 6) is 0.721. The second-order valence-electron chi connectivity index (χ2n) is 4.15. The van der Waals surface area contributed by atoms with Crippen LogP contribution in [0.1, 0.15) is 11.1 Å². The van der Waals surface area contributed by atoms with Gasteiger partial charge in [0.2, 0.25) is 0 Å². The van der Waals surface area contributed by atoms with Gasteiger partial charge in [-0.1, -0.05) is 59.2 Å². The molecule has 0 saturated heterocycles. The van der Waals surface area contributed by atoms with Crippen molar-refractivity contribution in [1.29, 1.82) is 0 Å². The van der Waals surface area contributed by atoms with Crippen LogP contribution in [0.4, 0.5) is 0 Å². The van der Waals surface area contributed by atoms with Gasteiger partial charge in [-0.25, -0.2) is 0 Å². The molecule has 0 aliphatic rings. The van der Waals surface area contributed by atoms with Crippen LogP contribution in [0.2, 0.25) is 10.0 Å². The topological polar surface area (TPSA) is 50.7 Å². The van der Waals surface area contributed by atoms with E-state index in [0.717, 1.165) is 21.9 Å². The fourth-order valence-electron chi connectivity index (χ4n) is 1.51. The molecule has 21 heavy (non-hydrogen) atoms. The van der Waals surface area contributed by atoms with Crippen molar-refractivity contribution in [2.24, 2.45) is 15.9 Å². The highest BCUT2D eigenvalue weighted by Crippen LogP contribution is 2.15. The number of nitrogens with two attached hydrogens (primary N) is 1. The molecule has 0 aromatic heterocycles. The van der Waals surface area contributed by atoms with Crippen molar-refractivity contribution in [2.45, 2.75) is 5.75 Å². The smallest absolute Gasteiger partial charge is 0.180 e. The van der Waals surface area contributed by atoms with E-state index in [1.165, 1.54) is 11.8 Å². The highest BCUT2D eigenvalue weighted by atomic mass is 35.5. The molecule has 6 heteroatoms. The lowest BCUT2D eigenvalue weighted by atomic mass is 10.2. The highest BCUT2D eigenvalue weighted by molar-refractivity contribution is 8.13. The maximum absolute atomic E-state index is 5.88. The summed E-state index contributed by atoms with van der Waals surface area (Å²) in [6.45, 7) is 0. The van der Waals surface area contributed by atoms with Crippen LogP contribution in [0.3, 0.4) is 0 Å². The van der Waals surface area contributed by atoms with Crippen molar-refractivity contribution in [2.75, 3.05) is 0 Å². The molecule has 0 amide bonds. The zero-order valence-electron chi connectivity index (χ0n) is 11.0. The normalized spacial score (nSPS) is 12.0. The van der Waals surface area contributed by atoms with Gasteiger partial charge in [0.15, 0.2) is 5.17 Å². The van der Waals surface area contributed by atoms with Gasteiger partial charge >= 0.3 is 0 Å². The predicted molar refractivity (Wildman–Crippen MR) is 93.4 cm³/mol. The Morgan fingerprint density at radius 2 is 1.86 bits per heavy atom. The Kier molecular flexibility index (Phi) is 6.11. The highest BCUT2D eigenvalue weighted by Gasteiger charge is 1.97. The average molecular weight is 338 g/mol. The standard InChI is InChI=1S/C15H13Cl2N3S/c16-13-6-4-11(5-7-13)10-21-15(18)20-19-9-12-2-1-3-14(17)8-12/h1-9H,10H2,(H2,18,20)/b19-9+. The minimum absolute atomic E-state index is 0.406. The van der Waals surface area contributed by atoms with Crippen LogP contribution in [0.15, 0.2) is 58.7 Å². The molecule has 0 atom stereocenters. The molecule has 0 fully saturated rings. The zero-order chi connectivity index (χ0) is 15.1. The van der Waals surface area contributed by atoms with E-state index in [4.69, 9.17) is 28.9 Å². The summed E-state index contributed by atoms with van der Waals surface area (Å²) in [7, 11) is 0. The minimum Gasteiger partial charge on any atom is -0.377 e. The van der Waals surface area contributed by atoms with E-state index in [1.54, 1.807) is 18.3 Å². The van der Waals surface area contributed by atoms with E-state index in [0.29, 0.717) is 10.2 Å². The van der Waals surface area contributed by atoms with Gasteiger partial charge in [0.05, 0.1) is 6.21 Å². The largest absolute Gasteiger partial charge is 0.377 e. The van der Waals surface area contributed by atoms with Gasteiger partial charge < -0.3 is 5.73 Å². The van der Waals surface area contributed by atoms with E-state index >= 15 is 0 Å². The molecule has 0 bridgehead atoms. The van der Waals surface area contributed by atoms with E-state index in [-0.39, 0.29) is 0 Å². The molecule has 108 valence electrons. The van der Waals surface area contributed by atoms with E-state index in [9.17, 15) is 0 Å². The van der Waals surface area contributed by atoms with Crippen LogP contribution in [-0.2, 0) is 5.75 Å². The van der Waals surface area contributed by atoms with Gasteiger partial charge in [0.25, 0.3) is 0 Å². The lowest BCUT2D eigenvalue weighted by Crippen LogP contribution is -2.06. The zero-order valence-corrected chi connectivity index (χ0v) is 13.4. The first-order valence-electron chi connectivity index (χ1n) is 6.13. The van der Waals surface area contributed by atoms with Gasteiger partial charge in [0.1, 0.15) is 0 Å². The summed E-state index contributed by atoms with van der Waals surface area (Å²) >= 11 is 13.1. The Morgan fingerprint density at radius 1 is 1.10 bits per heavy atom. The summed E-state index contributed by atoms with van der Waals surface area (Å²) in [5.41, 5.74) is 7.80. The molecule has 0 saturated carbocycles. The van der Waals surface area contributed by atoms with E-state index < -0.39 is 0 Å². The van der Waals surface area contributed by atoms with Gasteiger partial charge in [-0.05, 0) is 35.4 Å². The molecule has 0 spiro atoms. The van der Waals surface area contributed by atoms with Crippen LogP contribution in [0.5, 0.6) is 0 Å². The lowest BCUT2D eigenvalue weighted by molar-refractivity contribution is 1.25. The second kappa shape index (κ2) is 8.08. The molecule has 0 aliphatic carbocycles. The Balaban J connectivity index is 1.88. The first-order chi connectivity index (χ1) is 10.1. The third-order valence-electron chi connectivity index (χ3n) is 2.51. The van der Waals surface area contributed by atoms with E-state index in [1.807, 2.05) is 36.4 Å². The monoisotopic (exact) mass is 337 g/mol. The summed E-state index contributed by atoms with van der Waals surface area (Å²) in [6.07, 6.45) is 1.61. The number of nitrogens with zero attached hydrogens (tertiary/aromatic N) is 2. The van der Waals surface area contributed by atoms with Gasteiger partial charge in [-0.15, -0.1) is 5.10 Å². The van der Waals surface area contributed by atoms with Crippen LogP contribution in [-0.4, -0.2) is 11.4 Å². The van der Waals surface area contributed by atoms with Crippen molar-refractivity contribution >= 4 is 46.3 Å². The van der Waals surface area contributed by atoms with Gasteiger partial charge in [0, 0.05) is 15.8 Å². The molecular formula is C15H13Cl2N3S. The minimum atomic E-state index is 0.406. The second-order valence-corrected chi connectivity index (χ2v) is 6.02. The Labute approximate surface area is 137 Å². The molecule has 2 aromatic rings. The molecule has 2 N–H and O–H groups in total. The molecule has 2 rings (SSSR count). The summed E-state index contributed by atoms with van der Waals surface area (Å²) < 4.78 is 0. The number of hydrogen-bond acceptors (Lipinski definition) is 3. The summed E-state index contributed by atoms with van der Waals surface area (Å²) in [4.78, 5) is 0. The van der Waals surface area contributed by atoms with Crippen LogP contribution in [0.25, 0.3) is 0 Å². The van der Waals surface area contributed by atoms with E-state index in [2.05, 4.69) is 10.2 Å². The Hall–Kier alpha value is -1.49. The first kappa shape index (κ1) is 15.9. The number of hydrogen-bond donors (Lipinski definition) is 1. The molecular weight excluding hydrogens is 325 g/mol. The van der Waals surface area contributed by atoms with Crippen molar-refractivity contribution in [3.8, 4) is 0 Å². The SMILES string of the molecule is N/C(=N\N=C\c1cccc(Cl)c1)SCc1ccc(Cl)cc1. The van der Waals surface area contributed by atoms with Crippen LogP contribution < -0.4 is 5.73 Å². The number of thioether (sulfide) groups is 1. The molecule has 0 radical (unpaired) electrons. The van der Waals surface area contributed by atoms with Crippen LogP contribution in [0, 0.1) is 0 Å². The number of amidine groups is 1. The molecule has 2 aromatic carbocycles. The lowest BCUT2D eigenvalue weighted by Gasteiger charge is -2.00. The van der Waals surface area contributed by atoms with Crippen LogP contribution >= 0.6 is 35.0 Å². The quantitative estimate of drug-likeness (QED) is 0.504. The fourth-order valence-corrected chi connectivity index (χ4v) is 2.44. The molecule has 0 aliphatic heterocycles. The third-order valence-corrected chi connectivity index (χ3v) is 3.85. The molecule has 0 heterocycles. The predicted octanol–water partition coefficient (Wildman–Crippen LogP) is 4.58. The first-order valence-corrected chi connectivity index (χ1v) is 7.87. The summed E-state index contributed by atoms with van der Waals surface area (Å²) in [6, 6.07) is 15.0. The average Bonchev–Trinajstić information content (AvgIpc) is 2.47. The van der Waals surface area contributed by atoms with Gasteiger partial charge in [-0.3, -0.25) is 0 Å². The Bertz CT molecular complexity index is 654. The Morgan fingerprint density at radius 3 is 2.57 bits per heavy atom. The maximum atomic E-state index is 5.88. The van der Waals surface area contributed by atoms with Crippen molar-refractivity contribution in [1.82, 2.24) is 0 Å². The fraction of sp³-hybridized carbons (Fsp3) is 0.0667. The van der Waals surface area contributed by atoms with Crippen molar-refractivity contribution in [3.63, 3.8) is 0 Å². The number of halogens is 2. The van der Waals surface area contributed by atoms with Crippen molar-refractivity contribution in [3.05, 3.63) is 69.7 Å². The third kappa shape index (κ3) is 5.79. The number of rotatable bonds is 4. The maximum Gasteiger partial charge on any atom is 0.180 e. The molecule has 3 nitrogen and oxygen atoms in total. The molecule has 0 unspecified atom stereocenters. The van der Waals surface area contributed by atoms with Gasteiger partial charge in [-0.2, -0.15) is 5.10 Å². The summed E-state index contributed by atoms with van der Waals surface area (Å²) in [5, 5.41) is 9.67. The number of benzene rings is 2. The van der Waals surface area contributed by atoms with Crippen molar-refractivity contribution < 1.29 is 0 Å².